The van der Waals surface area contributed by atoms with Gasteiger partial charge in [-0.25, -0.2) is 0 Å². The van der Waals surface area contributed by atoms with Crippen LogP contribution in [0.25, 0.3) is 10.9 Å². The van der Waals surface area contributed by atoms with Gasteiger partial charge in [0.05, 0.1) is 11.2 Å². The summed E-state index contributed by atoms with van der Waals surface area (Å²) in [4.78, 5) is 4.34. The second kappa shape index (κ2) is 4.98. The van der Waals surface area contributed by atoms with Gasteiger partial charge in [0.15, 0.2) is 0 Å². The van der Waals surface area contributed by atoms with Gasteiger partial charge in [0.25, 0.3) is 0 Å². The number of nitrogens with one attached hydrogen (secondary N) is 1. The Kier molecular flexibility index (Phi) is 3.02. The molecule has 0 saturated heterocycles. The van der Waals surface area contributed by atoms with Gasteiger partial charge in [0.2, 0.25) is 0 Å². The van der Waals surface area contributed by atoms with E-state index in [1.165, 1.54) is 0 Å². The fourth-order valence-corrected chi connectivity index (χ4v) is 2.12. The Balaban J connectivity index is 1.87. The maximum absolute atomic E-state index is 6.18. The van der Waals surface area contributed by atoms with Gasteiger partial charge in [-0.3, -0.25) is 4.98 Å². The lowest BCUT2D eigenvalue weighted by molar-refractivity contribution is 1.16. The molecule has 0 atom stereocenters. The highest BCUT2D eigenvalue weighted by atomic mass is 14.9. The minimum atomic E-state index is 0.697. The van der Waals surface area contributed by atoms with Crippen LogP contribution in [0, 0.1) is 0 Å². The Hall–Kier alpha value is -2.55. The molecule has 3 nitrogen and oxygen atoms in total. The van der Waals surface area contributed by atoms with Crippen LogP contribution in [0.2, 0.25) is 0 Å². The van der Waals surface area contributed by atoms with Crippen LogP contribution in [0.15, 0.2) is 60.8 Å². The van der Waals surface area contributed by atoms with Gasteiger partial charge in [0.1, 0.15) is 0 Å². The zero-order valence-electron chi connectivity index (χ0n) is 10.5. The summed E-state index contributed by atoms with van der Waals surface area (Å²) in [6, 6.07) is 18.1. The zero-order chi connectivity index (χ0) is 13.1. The van der Waals surface area contributed by atoms with Gasteiger partial charge >= 0.3 is 0 Å². The van der Waals surface area contributed by atoms with E-state index < -0.39 is 0 Å². The van der Waals surface area contributed by atoms with E-state index in [4.69, 9.17) is 5.73 Å². The molecule has 3 aromatic rings. The minimum absolute atomic E-state index is 0.697. The van der Waals surface area contributed by atoms with Crippen LogP contribution < -0.4 is 11.1 Å². The topological polar surface area (TPSA) is 50.9 Å². The standard InChI is InChI=1S/C16H15N3/c17-15-13(11-19-14-6-2-1-3-7-14)9-8-12-5-4-10-18-16(12)15/h1-10,19H,11,17H2. The second-order valence-corrected chi connectivity index (χ2v) is 4.43. The molecule has 3 N–H and O–H groups in total. The number of nitrogens with zero attached hydrogens (tertiary/aromatic N) is 1. The number of rotatable bonds is 3. The van der Waals surface area contributed by atoms with Crippen LogP contribution in [-0.4, -0.2) is 4.98 Å². The fourth-order valence-electron chi connectivity index (χ4n) is 2.12. The lowest BCUT2D eigenvalue weighted by Gasteiger charge is -2.10. The number of nitrogens with two attached hydrogens (primary N) is 1. The number of aromatic nitrogens is 1. The molecule has 0 bridgehead atoms. The molecular weight excluding hydrogens is 234 g/mol. The quantitative estimate of drug-likeness (QED) is 0.699. The fraction of sp³-hybridized carbons (Fsp3) is 0.0625. The van der Waals surface area contributed by atoms with Gasteiger partial charge in [-0.2, -0.15) is 0 Å². The molecule has 0 aliphatic rings. The van der Waals surface area contributed by atoms with E-state index in [9.17, 15) is 0 Å². The molecule has 0 radical (unpaired) electrons. The highest BCUT2D eigenvalue weighted by Gasteiger charge is 2.04. The number of para-hydroxylation sites is 1. The Morgan fingerprint density at radius 3 is 2.63 bits per heavy atom. The van der Waals surface area contributed by atoms with Crippen molar-refractivity contribution in [2.75, 3.05) is 11.1 Å². The molecule has 0 aliphatic heterocycles. The largest absolute Gasteiger partial charge is 0.397 e. The third-order valence-corrected chi connectivity index (χ3v) is 3.16. The monoisotopic (exact) mass is 249 g/mol. The molecule has 94 valence electrons. The van der Waals surface area contributed by atoms with E-state index in [-0.39, 0.29) is 0 Å². The van der Waals surface area contributed by atoms with Crippen molar-refractivity contribution in [3.63, 3.8) is 0 Å². The first-order valence-corrected chi connectivity index (χ1v) is 6.25. The number of hydrogen-bond donors (Lipinski definition) is 2. The van der Waals surface area contributed by atoms with Crippen molar-refractivity contribution in [2.24, 2.45) is 0 Å². The van der Waals surface area contributed by atoms with E-state index in [1.807, 2.05) is 42.5 Å². The number of fused-ring (bicyclic) bond motifs is 1. The molecule has 3 rings (SSSR count). The predicted octanol–water partition coefficient (Wildman–Crippen LogP) is 3.43. The van der Waals surface area contributed by atoms with Gasteiger partial charge in [-0.05, 0) is 23.8 Å². The predicted molar refractivity (Wildman–Crippen MR) is 79.9 cm³/mol. The SMILES string of the molecule is Nc1c(CNc2ccccc2)ccc2cccnc12. The van der Waals surface area contributed by atoms with Crippen molar-refractivity contribution in [3.05, 3.63) is 66.4 Å². The maximum Gasteiger partial charge on any atom is 0.0934 e. The van der Waals surface area contributed by atoms with E-state index in [0.717, 1.165) is 27.8 Å². The van der Waals surface area contributed by atoms with Crippen molar-refractivity contribution in [3.8, 4) is 0 Å². The summed E-state index contributed by atoms with van der Waals surface area (Å²) >= 11 is 0. The summed E-state index contributed by atoms with van der Waals surface area (Å²) in [6.45, 7) is 0.697. The summed E-state index contributed by atoms with van der Waals surface area (Å²) in [5.74, 6) is 0. The molecule has 3 heteroatoms. The molecule has 0 spiro atoms. The van der Waals surface area contributed by atoms with Crippen LogP contribution in [-0.2, 0) is 6.54 Å². The average Bonchev–Trinajstić information content (AvgIpc) is 2.48. The maximum atomic E-state index is 6.18. The second-order valence-electron chi connectivity index (χ2n) is 4.43. The first kappa shape index (κ1) is 11.5. The summed E-state index contributed by atoms with van der Waals surface area (Å²) in [6.07, 6.45) is 1.77. The smallest absolute Gasteiger partial charge is 0.0934 e. The van der Waals surface area contributed by atoms with Gasteiger partial charge < -0.3 is 11.1 Å². The minimum Gasteiger partial charge on any atom is -0.397 e. The van der Waals surface area contributed by atoms with E-state index >= 15 is 0 Å². The van der Waals surface area contributed by atoms with E-state index in [0.29, 0.717) is 6.54 Å². The molecule has 0 saturated carbocycles. The lowest BCUT2D eigenvalue weighted by Crippen LogP contribution is -2.03. The Labute approximate surface area is 112 Å². The zero-order valence-corrected chi connectivity index (χ0v) is 10.5. The molecule has 0 amide bonds. The Morgan fingerprint density at radius 1 is 0.947 bits per heavy atom. The third kappa shape index (κ3) is 2.36. The molecule has 0 aliphatic carbocycles. The van der Waals surface area contributed by atoms with Crippen molar-refractivity contribution in [1.29, 1.82) is 0 Å². The number of hydrogen-bond acceptors (Lipinski definition) is 3. The van der Waals surface area contributed by atoms with Crippen molar-refractivity contribution < 1.29 is 0 Å². The molecule has 1 heterocycles. The summed E-state index contributed by atoms with van der Waals surface area (Å²) < 4.78 is 0. The third-order valence-electron chi connectivity index (χ3n) is 3.16. The molecule has 2 aromatic carbocycles. The van der Waals surface area contributed by atoms with Crippen LogP contribution in [0.5, 0.6) is 0 Å². The molecule has 19 heavy (non-hydrogen) atoms. The average molecular weight is 249 g/mol. The summed E-state index contributed by atoms with van der Waals surface area (Å²) in [5, 5.41) is 4.43. The molecular formula is C16H15N3. The van der Waals surface area contributed by atoms with Crippen LogP contribution in [0.4, 0.5) is 11.4 Å². The van der Waals surface area contributed by atoms with Gasteiger partial charge in [0, 0.05) is 23.8 Å². The Morgan fingerprint density at radius 2 is 1.79 bits per heavy atom. The summed E-state index contributed by atoms with van der Waals surface area (Å²) in [5.41, 5.74) is 9.95. The first-order valence-electron chi connectivity index (χ1n) is 6.25. The highest BCUT2D eigenvalue weighted by Crippen LogP contribution is 2.23. The van der Waals surface area contributed by atoms with E-state index in [1.54, 1.807) is 6.20 Å². The normalized spacial score (nSPS) is 10.5. The Bertz CT molecular complexity index is 693. The lowest BCUT2D eigenvalue weighted by atomic mass is 10.1. The number of anilines is 2. The highest BCUT2D eigenvalue weighted by molar-refractivity contribution is 5.90. The molecule has 0 fully saturated rings. The van der Waals surface area contributed by atoms with Gasteiger partial charge in [-0.1, -0.05) is 36.4 Å². The van der Waals surface area contributed by atoms with Crippen LogP contribution in [0.3, 0.4) is 0 Å². The molecule has 0 unspecified atom stereocenters. The first-order chi connectivity index (χ1) is 9.34. The van der Waals surface area contributed by atoms with Gasteiger partial charge in [-0.15, -0.1) is 0 Å². The van der Waals surface area contributed by atoms with Crippen molar-refractivity contribution >= 4 is 22.3 Å². The summed E-state index contributed by atoms with van der Waals surface area (Å²) in [7, 11) is 0. The van der Waals surface area contributed by atoms with E-state index in [2.05, 4.69) is 22.4 Å². The molecule has 1 aromatic heterocycles. The van der Waals surface area contributed by atoms with Crippen molar-refractivity contribution in [2.45, 2.75) is 6.54 Å². The number of pyridine rings is 1. The van der Waals surface area contributed by atoms with Crippen molar-refractivity contribution in [1.82, 2.24) is 4.98 Å². The number of benzene rings is 2. The van der Waals surface area contributed by atoms with Crippen LogP contribution >= 0.6 is 0 Å². The number of nitrogen functional groups attached to an aromatic ring is 1. The van der Waals surface area contributed by atoms with Crippen LogP contribution in [0.1, 0.15) is 5.56 Å².